The van der Waals surface area contributed by atoms with E-state index in [1.165, 1.54) is 11.8 Å². The van der Waals surface area contributed by atoms with Crippen LogP contribution in [0.4, 0.5) is 11.4 Å². The van der Waals surface area contributed by atoms with Crippen molar-refractivity contribution in [1.82, 2.24) is 0 Å². The van der Waals surface area contributed by atoms with Crippen LogP contribution in [0, 0.1) is 0 Å². The van der Waals surface area contributed by atoms with E-state index in [9.17, 15) is 14.4 Å². The molecule has 0 unspecified atom stereocenters. The highest BCUT2D eigenvalue weighted by atomic mass is 32.2. The fraction of sp³-hybridized carbons (Fsp3) is 0.286. The zero-order valence-electron chi connectivity index (χ0n) is 16.0. The van der Waals surface area contributed by atoms with Gasteiger partial charge in [0.15, 0.2) is 0 Å². The standard InChI is InChI=1S/C21H24N2O4S/c1-3-15-6-5-7-18(12-15)23-20(25)14-28-13-19(24)22-17-10-8-16(9-11-17)21(26)27-4-2/h5-12H,3-4,13-14H2,1-2H3,(H,22,24)(H,23,25). The smallest absolute Gasteiger partial charge is 0.338 e. The van der Waals surface area contributed by atoms with Gasteiger partial charge in [-0.25, -0.2) is 4.79 Å². The summed E-state index contributed by atoms with van der Waals surface area (Å²) in [4.78, 5) is 35.6. The zero-order valence-corrected chi connectivity index (χ0v) is 16.8. The Hall–Kier alpha value is -2.80. The molecule has 2 aromatic carbocycles. The van der Waals surface area contributed by atoms with Gasteiger partial charge < -0.3 is 15.4 Å². The second-order valence-electron chi connectivity index (χ2n) is 5.94. The van der Waals surface area contributed by atoms with Crippen LogP contribution < -0.4 is 10.6 Å². The van der Waals surface area contributed by atoms with E-state index >= 15 is 0 Å². The molecule has 0 bridgehead atoms. The third-order valence-electron chi connectivity index (χ3n) is 3.77. The first kappa shape index (κ1) is 21.5. The minimum Gasteiger partial charge on any atom is -0.462 e. The Morgan fingerprint density at radius 2 is 1.54 bits per heavy atom. The largest absolute Gasteiger partial charge is 0.462 e. The minimum atomic E-state index is -0.397. The van der Waals surface area contributed by atoms with Crippen molar-refractivity contribution in [3.8, 4) is 0 Å². The summed E-state index contributed by atoms with van der Waals surface area (Å²) >= 11 is 1.23. The van der Waals surface area contributed by atoms with Crippen molar-refractivity contribution >= 4 is 40.9 Å². The predicted molar refractivity (Wildman–Crippen MR) is 113 cm³/mol. The van der Waals surface area contributed by atoms with E-state index in [2.05, 4.69) is 17.6 Å². The summed E-state index contributed by atoms with van der Waals surface area (Å²) in [7, 11) is 0. The molecule has 0 aliphatic heterocycles. The molecule has 0 aliphatic rings. The summed E-state index contributed by atoms with van der Waals surface area (Å²) in [6.45, 7) is 4.11. The molecule has 0 radical (unpaired) electrons. The van der Waals surface area contributed by atoms with E-state index < -0.39 is 5.97 Å². The lowest BCUT2D eigenvalue weighted by Gasteiger charge is -2.08. The average Bonchev–Trinajstić information content (AvgIpc) is 2.68. The highest BCUT2D eigenvalue weighted by Crippen LogP contribution is 2.13. The number of thioether (sulfide) groups is 1. The topological polar surface area (TPSA) is 84.5 Å². The molecule has 2 rings (SSSR count). The van der Waals surface area contributed by atoms with Crippen molar-refractivity contribution in [1.29, 1.82) is 0 Å². The van der Waals surface area contributed by atoms with Gasteiger partial charge in [0.05, 0.1) is 23.7 Å². The average molecular weight is 401 g/mol. The van der Waals surface area contributed by atoms with Crippen molar-refractivity contribution < 1.29 is 19.1 Å². The number of rotatable bonds is 9. The molecule has 0 aliphatic carbocycles. The zero-order chi connectivity index (χ0) is 20.4. The molecule has 0 aromatic heterocycles. The fourth-order valence-electron chi connectivity index (χ4n) is 2.40. The van der Waals surface area contributed by atoms with Crippen molar-refractivity contribution in [3.05, 3.63) is 59.7 Å². The molecule has 0 saturated carbocycles. The number of ether oxygens (including phenoxy) is 1. The Kier molecular flexibility index (Phi) is 8.55. The number of anilines is 2. The first-order valence-corrected chi connectivity index (χ1v) is 10.2. The molecule has 2 amide bonds. The van der Waals surface area contributed by atoms with E-state index in [1.54, 1.807) is 31.2 Å². The van der Waals surface area contributed by atoms with Crippen LogP contribution >= 0.6 is 11.8 Å². The van der Waals surface area contributed by atoms with Gasteiger partial charge >= 0.3 is 5.97 Å². The van der Waals surface area contributed by atoms with Crippen molar-refractivity contribution in [2.45, 2.75) is 20.3 Å². The number of nitrogens with one attached hydrogen (secondary N) is 2. The Morgan fingerprint density at radius 3 is 2.14 bits per heavy atom. The van der Waals surface area contributed by atoms with Gasteiger partial charge in [-0.1, -0.05) is 19.1 Å². The summed E-state index contributed by atoms with van der Waals surface area (Å²) in [6, 6.07) is 14.2. The molecule has 0 spiro atoms. The van der Waals surface area contributed by atoms with Crippen LogP contribution in [0.25, 0.3) is 0 Å². The highest BCUT2D eigenvalue weighted by Gasteiger charge is 2.09. The first-order chi connectivity index (χ1) is 13.5. The number of hydrogen-bond acceptors (Lipinski definition) is 5. The van der Waals surface area contributed by atoms with Crippen LogP contribution in [-0.4, -0.2) is 35.9 Å². The summed E-state index contributed by atoms with van der Waals surface area (Å²) < 4.78 is 4.91. The lowest BCUT2D eigenvalue weighted by Crippen LogP contribution is -2.18. The third-order valence-corrected chi connectivity index (χ3v) is 4.70. The minimum absolute atomic E-state index is 0.148. The van der Waals surface area contributed by atoms with Crippen molar-refractivity contribution in [2.75, 3.05) is 28.7 Å². The Bertz CT molecular complexity index is 821. The molecule has 2 N–H and O–H groups in total. The molecule has 28 heavy (non-hydrogen) atoms. The number of aryl methyl sites for hydroxylation is 1. The summed E-state index contributed by atoms with van der Waals surface area (Å²) in [5.74, 6) is -0.418. The monoisotopic (exact) mass is 400 g/mol. The number of esters is 1. The van der Waals surface area contributed by atoms with Gasteiger partial charge in [-0.15, -0.1) is 11.8 Å². The van der Waals surface area contributed by atoms with Gasteiger partial charge in [0.2, 0.25) is 11.8 Å². The van der Waals surface area contributed by atoms with E-state index in [4.69, 9.17) is 4.74 Å². The Labute approximate surface area is 169 Å². The number of carbonyl (C=O) groups is 3. The molecule has 0 atom stereocenters. The first-order valence-electron chi connectivity index (χ1n) is 9.05. The maximum Gasteiger partial charge on any atom is 0.338 e. The van der Waals surface area contributed by atoms with Gasteiger partial charge in [0.1, 0.15) is 0 Å². The van der Waals surface area contributed by atoms with Crippen molar-refractivity contribution in [2.24, 2.45) is 0 Å². The van der Waals surface area contributed by atoms with E-state index in [0.29, 0.717) is 17.9 Å². The molecule has 7 heteroatoms. The summed E-state index contributed by atoms with van der Waals surface area (Å²) in [5, 5.41) is 5.57. The Morgan fingerprint density at radius 1 is 0.893 bits per heavy atom. The molecular formula is C21H24N2O4S. The van der Waals surface area contributed by atoms with Crippen LogP contribution in [-0.2, 0) is 20.7 Å². The highest BCUT2D eigenvalue weighted by molar-refractivity contribution is 8.00. The van der Waals surface area contributed by atoms with Gasteiger partial charge in [-0.2, -0.15) is 0 Å². The summed E-state index contributed by atoms with van der Waals surface area (Å²) in [5.41, 5.74) is 2.92. The molecule has 0 fully saturated rings. The van der Waals surface area contributed by atoms with Crippen LogP contribution in [0.1, 0.15) is 29.8 Å². The predicted octanol–water partition coefficient (Wildman–Crippen LogP) is 3.74. The number of benzene rings is 2. The lowest BCUT2D eigenvalue weighted by molar-refractivity contribution is -0.114. The van der Waals surface area contributed by atoms with Crippen molar-refractivity contribution in [3.63, 3.8) is 0 Å². The maximum absolute atomic E-state index is 12.0. The van der Waals surface area contributed by atoms with Crippen LogP contribution in [0.15, 0.2) is 48.5 Å². The maximum atomic E-state index is 12.0. The van der Waals surface area contributed by atoms with Crippen LogP contribution in [0.2, 0.25) is 0 Å². The lowest BCUT2D eigenvalue weighted by atomic mass is 10.1. The molecule has 2 aromatic rings. The molecule has 148 valence electrons. The van der Waals surface area contributed by atoms with Gasteiger partial charge in [-0.05, 0) is 55.3 Å². The second-order valence-corrected chi connectivity index (χ2v) is 6.93. The third kappa shape index (κ3) is 7.08. The van der Waals surface area contributed by atoms with Crippen LogP contribution in [0.3, 0.4) is 0 Å². The van der Waals surface area contributed by atoms with E-state index in [0.717, 1.165) is 17.7 Å². The van der Waals surface area contributed by atoms with Gasteiger partial charge in [-0.3, -0.25) is 9.59 Å². The fourth-order valence-corrected chi connectivity index (χ4v) is 3.02. The molecule has 0 heterocycles. The molecular weight excluding hydrogens is 376 g/mol. The van der Waals surface area contributed by atoms with Gasteiger partial charge in [0, 0.05) is 11.4 Å². The number of hydrogen-bond donors (Lipinski definition) is 2. The number of amides is 2. The number of carbonyl (C=O) groups excluding carboxylic acids is 3. The van der Waals surface area contributed by atoms with E-state index in [1.807, 2.05) is 24.3 Å². The normalized spacial score (nSPS) is 10.2. The second kappa shape index (κ2) is 11.1. The van der Waals surface area contributed by atoms with E-state index in [-0.39, 0.29) is 23.3 Å². The van der Waals surface area contributed by atoms with Crippen LogP contribution in [0.5, 0.6) is 0 Å². The Balaban J connectivity index is 1.73. The summed E-state index contributed by atoms with van der Waals surface area (Å²) in [6.07, 6.45) is 0.902. The SMILES string of the molecule is CCOC(=O)c1ccc(NC(=O)CSCC(=O)Nc2cccc(CC)c2)cc1. The van der Waals surface area contributed by atoms with Gasteiger partial charge in [0.25, 0.3) is 0 Å². The quantitative estimate of drug-likeness (QED) is 0.627. The molecule has 0 saturated heterocycles. The molecule has 6 nitrogen and oxygen atoms in total.